The van der Waals surface area contributed by atoms with E-state index in [1.54, 1.807) is 45.3 Å². The number of rotatable bonds is 6. The first kappa shape index (κ1) is 20.9. The van der Waals surface area contributed by atoms with Crippen LogP contribution in [0.3, 0.4) is 0 Å². The summed E-state index contributed by atoms with van der Waals surface area (Å²) in [6.45, 7) is 3.20. The van der Waals surface area contributed by atoms with E-state index in [1.807, 2.05) is 0 Å². The second-order valence-corrected chi connectivity index (χ2v) is 7.48. The first-order valence-corrected chi connectivity index (χ1v) is 9.59. The summed E-state index contributed by atoms with van der Waals surface area (Å²) in [4.78, 5) is 37.6. The second-order valence-electron chi connectivity index (χ2n) is 7.48. The van der Waals surface area contributed by atoms with Crippen LogP contribution in [-0.4, -0.2) is 47.2 Å². The molecule has 4 rings (SSSR count). The fourth-order valence-corrected chi connectivity index (χ4v) is 3.05. The summed E-state index contributed by atoms with van der Waals surface area (Å²) >= 11 is 0. The molecule has 4 aromatic rings. The Morgan fingerprint density at radius 1 is 1.22 bits per heavy atom. The van der Waals surface area contributed by atoms with Gasteiger partial charge in [0.25, 0.3) is 11.5 Å². The fraction of sp³-hybridized carbons (Fsp3) is 0.200. The van der Waals surface area contributed by atoms with Crippen molar-refractivity contribution in [3.05, 3.63) is 64.6 Å². The molecule has 4 aromatic heterocycles. The molecule has 0 saturated carbocycles. The highest BCUT2D eigenvalue weighted by molar-refractivity contribution is 5.98. The van der Waals surface area contributed by atoms with Crippen molar-refractivity contribution in [2.24, 2.45) is 5.73 Å². The van der Waals surface area contributed by atoms with Crippen molar-refractivity contribution >= 4 is 28.9 Å². The van der Waals surface area contributed by atoms with Crippen LogP contribution in [0.4, 0.5) is 17.3 Å². The number of amides is 1. The van der Waals surface area contributed by atoms with Crippen molar-refractivity contribution in [3.63, 3.8) is 0 Å². The summed E-state index contributed by atoms with van der Waals surface area (Å²) in [6, 6.07) is 4.90. The number of pyridine rings is 1. The van der Waals surface area contributed by atoms with Gasteiger partial charge in [0, 0.05) is 19.3 Å². The molecular formula is C20H21N9O3. The number of fused-ring (bicyclic) bond motifs is 1. The lowest BCUT2D eigenvalue weighted by molar-refractivity contribution is 0.0734. The Hall–Kier alpha value is -4.32. The number of carbonyl (C=O) groups is 1. The van der Waals surface area contributed by atoms with Gasteiger partial charge in [0.2, 0.25) is 0 Å². The van der Waals surface area contributed by atoms with Gasteiger partial charge in [-0.05, 0) is 26.0 Å². The Bertz CT molecular complexity index is 1370. The van der Waals surface area contributed by atoms with Gasteiger partial charge in [-0.3, -0.25) is 19.1 Å². The van der Waals surface area contributed by atoms with E-state index in [9.17, 15) is 14.7 Å². The molecule has 32 heavy (non-hydrogen) atoms. The average Bonchev–Trinajstić information content (AvgIpc) is 3.18. The smallest absolute Gasteiger partial charge is 0.280 e. The maximum absolute atomic E-state index is 13.0. The number of anilines is 3. The Labute approximate surface area is 181 Å². The van der Waals surface area contributed by atoms with Crippen molar-refractivity contribution in [2.45, 2.75) is 19.4 Å². The molecular weight excluding hydrogens is 414 g/mol. The van der Waals surface area contributed by atoms with E-state index < -0.39 is 17.1 Å². The van der Waals surface area contributed by atoms with Crippen LogP contribution in [0.1, 0.15) is 29.9 Å². The van der Waals surface area contributed by atoms with Gasteiger partial charge in [-0.2, -0.15) is 9.61 Å². The highest BCUT2D eigenvalue weighted by Crippen LogP contribution is 2.21. The minimum atomic E-state index is -1.15. The molecule has 0 unspecified atom stereocenters. The van der Waals surface area contributed by atoms with Gasteiger partial charge in [-0.1, -0.05) is 0 Å². The van der Waals surface area contributed by atoms with E-state index in [1.165, 1.54) is 27.7 Å². The zero-order chi connectivity index (χ0) is 23.0. The summed E-state index contributed by atoms with van der Waals surface area (Å²) in [5.41, 5.74) is 4.87. The number of hydrogen-bond donors (Lipinski definition) is 4. The standard InChI is InChI=1S/C20H21N9O3/c1-20(2,32)13-9-24-16(10-23-13)28-6-4-5-12(19(28)31)26-14-7-15(22-3)29-18(27-14)11(8-25-29)17(21)30/h4-10,22,32H,1-3H3,(H2,21,30)(H,26,27). The normalized spacial score (nSPS) is 11.5. The SMILES string of the molecule is CNc1cc(Nc2cccn(-c3cnc(C(C)(C)O)cn3)c2=O)nc2c(C(N)=O)cnn12. The van der Waals surface area contributed by atoms with Crippen LogP contribution in [0.15, 0.2) is 47.8 Å². The van der Waals surface area contributed by atoms with Gasteiger partial charge in [-0.25, -0.2) is 9.97 Å². The van der Waals surface area contributed by atoms with Crippen molar-refractivity contribution in [1.29, 1.82) is 0 Å². The first-order valence-electron chi connectivity index (χ1n) is 9.59. The molecule has 0 saturated heterocycles. The molecule has 0 atom stereocenters. The lowest BCUT2D eigenvalue weighted by Gasteiger charge is -2.16. The van der Waals surface area contributed by atoms with Gasteiger partial charge in [0.1, 0.15) is 28.5 Å². The van der Waals surface area contributed by atoms with Crippen LogP contribution < -0.4 is 21.9 Å². The summed E-state index contributed by atoms with van der Waals surface area (Å²) in [7, 11) is 1.69. The molecule has 0 fully saturated rings. The van der Waals surface area contributed by atoms with Crippen LogP contribution in [0.25, 0.3) is 11.5 Å². The third-order valence-electron chi connectivity index (χ3n) is 4.72. The van der Waals surface area contributed by atoms with Gasteiger partial charge in [0.05, 0.1) is 24.3 Å². The first-order chi connectivity index (χ1) is 15.2. The monoisotopic (exact) mass is 435 g/mol. The molecule has 1 amide bonds. The van der Waals surface area contributed by atoms with Crippen molar-refractivity contribution in [1.82, 2.24) is 29.1 Å². The summed E-state index contributed by atoms with van der Waals surface area (Å²) < 4.78 is 2.75. The minimum Gasteiger partial charge on any atom is -0.384 e. The third-order valence-corrected chi connectivity index (χ3v) is 4.72. The van der Waals surface area contributed by atoms with Gasteiger partial charge < -0.3 is 21.5 Å². The summed E-state index contributed by atoms with van der Waals surface area (Å²) in [6.07, 6.45) is 5.72. The van der Waals surface area contributed by atoms with Gasteiger partial charge in [-0.15, -0.1) is 0 Å². The Kier molecular flexibility index (Phi) is 5.06. The number of hydrogen-bond acceptors (Lipinski definition) is 9. The lowest BCUT2D eigenvalue weighted by atomic mass is 10.1. The van der Waals surface area contributed by atoms with E-state index in [2.05, 4.69) is 30.7 Å². The Balaban J connectivity index is 1.73. The maximum atomic E-state index is 13.0. The molecule has 0 aliphatic carbocycles. The highest BCUT2D eigenvalue weighted by atomic mass is 16.3. The van der Waals surface area contributed by atoms with E-state index in [0.717, 1.165) is 0 Å². The molecule has 0 aromatic carbocycles. The van der Waals surface area contributed by atoms with E-state index >= 15 is 0 Å². The van der Waals surface area contributed by atoms with Crippen molar-refractivity contribution < 1.29 is 9.90 Å². The van der Waals surface area contributed by atoms with Crippen LogP contribution in [0, 0.1) is 0 Å². The van der Waals surface area contributed by atoms with Crippen molar-refractivity contribution in [2.75, 3.05) is 17.7 Å². The topological polar surface area (TPSA) is 165 Å². The van der Waals surface area contributed by atoms with Crippen LogP contribution >= 0.6 is 0 Å². The largest absolute Gasteiger partial charge is 0.384 e. The van der Waals surface area contributed by atoms with Gasteiger partial charge >= 0.3 is 0 Å². The average molecular weight is 435 g/mol. The van der Waals surface area contributed by atoms with E-state index in [0.29, 0.717) is 17.3 Å². The number of primary amides is 1. The number of nitrogens with one attached hydrogen (secondary N) is 2. The Morgan fingerprint density at radius 2 is 2.00 bits per heavy atom. The molecule has 12 nitrogen and oxygen atoms in total. The van der Waals surface area contributed by atoms with Crippen LogP contribution in [-0.2, 0) is 5.60 Å². The molecule has 0 spiro atoms. The number of nitrogens with two attached hydrogens (primary N) is 1. The molecule has 12 heteroatoms. The number of aromatic nitrogens is 6. The van der Waals surface area contributed by atoms with E-state index in [-0.39, 0.29) is 22.7 Å². The summed E-state index contributed by atoms with van der Waals surface area (Å²) in [5.74, 6) is 0.470. The molecule has 4 heterocycles. The lowest BCUT2D eigenvalue weighted by Crippen LogP contribution is -2.23. The molecule has 0 bridgehead atoms. The molecule has 5 N–H and O–H groups in total. The molecule has 164 valence electrons. The quantitative estimate of drug-likeness (QED) is 0.342. The fourth-order valence-electron chi connectivity index (χ4n) is 3.05. The molecule has 0 aliphatic rings. The van der Waals surface area contributed by atoms with Gasteiger partial charge in [0.15, 0.2) is 11.5 Å². The van der Waals surface area contributed by atoms with E-state index in [4.69, 9.17) is 5.73 Å². The molecule has 0 radical (unpaired) electrons. The highest BCUT2D eigenvalue weighted by Gasteiger charge is 2.19. The zero-order valence-corrected chi connectivity index (χ0v) is 17.6. The zero-order valence-electron chi connectivity index (χ0n) is 17.6. The minimum absolute atomic E-state index is 0.151. The predicted molar refractivity (Wildman–Crippen MR) is 117 cm³/mol. The summed E-state index contributed by atoms with van der Waals surface area (Å²) in [5, 5.41) is 20.1. The number of carbonyl (C=O) groups excluding carboxylic acids is 1. The molecule has 0 aliphatic heterocycles. The second kappa shape index (κ2) is 7.74. The van der Waals surface area contributed by atoms with Crippen molar-refractivity contribution in [3.8, 4) is 5.82 Å². The number of aliphatic hydroxyl groups is 1. The van der Waals surface area contributed by atoms with Crippen LogP contribution in [0.5, 0.6) is 0 Å². The Morgan fingerprint density at radius 3 is 2.62 bits per heavy atom. The van der Waals surface area contributed by atoms with Crippen LogP contribution in [0.2, 0.25) is 0 Å². The maximum Gasteiger partial charge on any atom is 0.280 e. The number of nitrogens with zero attached hydrogens (tertiary/aromatic N) is 6. The third kappa shape index (κ3) is 3.74. The predicted octanol–water partition coefficient (Wildman–Crippen LogP) is 0.782.